The molecule has 2 saturated carbocycles. The predicted molar refractivity (Wildman–Crippen MR) is 70.7 cm³/mol. The van der Waals surface area contributed by atoms with Crippen LogP contribution in [0.2, 0.25) is 0 Å². The van der Waals surface area contributed by atoms with Crippen LogP contribution in [0.1, 0.15) is 51.9 Å². The summed E-state index contributed by atoms with van der Waals surface area (Å²) in [5.41, 5.74) is 0. The summed E-state index contributed by atoms with van der Waals surface area (Å²) in [7, 11) is 0. The Morgan fingerprint density at radius 2 is 1.68 bits per heavy atom. The van der Waals surface area contributed by atoms with Crippen molar-refractivity contribution in [1.29, 1.82) is 0 Å². The van der Waals surface area contributed by atoms with E-state index in [4.69, 9.17) is 0 Å². The lowest BCUT2D eigenvalue weighted by atomic mass is 9.58. The minimum Gasteiger partial charge on any atom is -0.481 e. The fraction of sp³-hybridized carbons (Fsp3) is 0.867. The topological polar surface area (TPSA) is 74.6 Å². The molecule has 5 atom stereocenters. The molecule has 4 heteroatoms. The van der Waals surface area contributed by atoms with E-state index in [1.54, 1.807) is 0 Å². The maximum Gasteiger partial charge on any atom is 0.306 e. The third-order valence-corrected chi connectivity index (χ3v) is 5.16. The molecule has 2 aliphatic rings. The van der Waals surface area contributed by atoms with Crippen LogP contribution in [0.25, 0.3) is 0 Å². The Labute approximate surface area is 114 Å². The zero-order valence-electron chi connectivity index (χ0n) is 11.5. The average Bonchev–Trinajstić information content (AvgIpc) is 2.37. The fourth-order valence-corrected chi connectivity index (χ4v) is 4.39. The van der Waals surface area contributed by atoms with Gasteiger partial charge in [-0.05, 0) is 43.4 Å². The Morgan fingerprint density at radius 1 is 1.00 bits per heavy atom. The molecule has 0 aromatic carbocycles. The van der Waals surface area contributed by atoms with Crippen LogP contribution in [0.3, 0.4) is 0 Å². The van der Waals surface area contributed by atoms with Gasteiger partial charge in [-0.25, -0.2) is 0 Å². The van der Waals surface area contributed by atoms with Gasteiger partial charge in [0.2, 0.25) is 0 Å². The first kappa shape index (κ1) is 14.4. The SMILES string of the molecule is CCCC1CC(C(=O)O)C2CCCC(C(=O)O)C2C1. The molecular formula is C15H24O4. The van der Waals surface area contributed by atoms with E-state index in [0.717, 1.165) is 44.9 Å². The van der Waals surface area contributed by atoms with Crippen LogP contribution in [0.15, 0.2) is 0 Å². The first-order chi connectivity index (χ1) is 9.04. The van der Waals surface area contributed by atoms with Gasteiger partial charge in [-0.3, -0.25) is 9.59 Å². The Morgan fingerprint density at radius 3 is 2.26 bits per heavy atom. The van der Waals surface area contributed by atoms with Gasteiger partial charge in [-0.2, -0.15) is 0 Å². The maximum atomic E-state index is 11.5. The molecule has 0 radical (unpaired) electrons. The first-order valence-corrected chi connectivity index (χ1v) is 7.50. The number of fused-ring (bicyclic) bond motifs is 1. The number of carbonyl (C=O) groups is 2. The van der Waals surface area contributed by atoms with Gasteiger partial charge in [-0.1, -0.05) is 26.2 Å². The Kier molecular flexibility index (Phi) is 4.48. The minimum absolute atomic E-state index is 0.0812. The number of hydrogen-bond donors (Lipinski definition) is 2. The molecule has 0 bridgehead atoms. The monoisotopic (exact) mass is 268 g/mol. The van der Waals surface area contributed by atoms with Crippen molar-refractivity contribution in [3.8, 4) is 0 Å². The quantitative estimate of drug-likeness (QED) is 0.822. The van der Waals surface area contributed by atoms with Crippen molar-refractivity contribution in [1.82, 2.24) is 0 Å². The summed E-state index contributed by atoms with van der Waals surface area (Å²) in [5, 5.41) is 18.8. The molecule has 0 aromatic heterocycles. The molecule has 19 heavy (non-hydrogen) atoms. The van der Waals surface area contributed by atoms with Crippen LogP contribution < -0.4 is 0 Å². The second kappa shape index (κ2) is 5.93. The number of hydrogen-bond acceptors (Lipinski definition) is 2. The summed E-state index contributed by atoms with van der Waals surface area (Å²) in [4.78, 5) is 22.9. The summed E-state index contributed by atoms with van der Waals surface area (Å²) >= 11 is 0. The van der Waals surface area contributed by atoms with Crippen molar-refractivity contribution in [3.63, 3.8) is 0 Å². The van der Waals surface area contributed by atoms with Crippen molar-refractivity contribution in [2.24, 2.45) is 29.6 Å². The molecule has 2 rings (SSSR count). The lowest BCUT2D eigenvalue weighted by Gasteiger charge is -2.45. The summed E-state index contributed by atoms with van der Waals surface area (Å²) in [6.45, 7) is 2.11. The van der Waals surface area contributed by atoms with Gasteiger partial charge >= 0.3 is 11.9 Å². The lowest BCUT2D eigenvalue weighted by molar-refractivity contribution is -0.156. The van der Waals surface area contributed by atoms with E-state index < -0.39 is 11.9 Å². The van der Waals surface area contributed by atoms with E-state index >= 15 is 0 Å². The second-order valence-corrected chi connectivity index (χ2v) is 6.27. The van der Waals surface area contributed by atoms with Crippen LogP contribution in [-0.4, -0.2) is 22.2 Å². The van der Waals surface area contributed by atoms with Crippen LogP contribution >= 0.6 is 0 Å². The highest BCUT2D eigenvalue weighted by Gasteiger charge is 2.47. The van der Waals surface area contributed by atoms with Crippen molar-refractivity contribution in [2.75, 3.05) is 0 Å². The van der Waals surface area contributed by atoms with Gasteiger partial charge in [0.15, 0.2) is 0 Å². The Balaban J connectivity index is 2.20. The molecule has 5 unspecified atom stereocenters. The summed E-state index contributed by atoms with van der Waals surface area (Å²) in [6.07, 6.45) is 6.22. The third kappa shape index (κ3) is 2.93. The molecule has 2 fully saturated rings. The zero-order valence-corrected chi connectivity index (χ0v) is 11.5. The van der Waals surface area contributed by atoms with E-state index in [-0.39, 0.29) is 23.7 Å². The molecule has 2 aliphatic carbocycles. The van der Waals surface area contributed by atoms with Gasteiger partial charge in [0.05, 0.1) is 11.8 Å². The minimum atomic E-state index is -0.726. The van der Waals surface area contributed by atoms with E-state index in [1.165, 1.54) is 0 Å². The van der Waals surface area contributed by atoms with Crippen LogP contribution in [-0.2, 0) is 9.59 Å². The Hall–Kier alpha value is -1.06. The highest BCUT2D eigenvalue weighted by Crippen LogP contribution is 2.49. The molecule has 4 nitrogen and oxygen atoms in total. The van der Waals surface area contributed by atoms with E-state index in [9.17, 15) is 19.8 Å². The number of rotatable bonds is 4. The highest BCUT2D eigenvalue weighted by molar-refractivity contribution is 5.73. The smallest absolute Gasteiger partial charge is 0.306 e. The normalized spacial score (nSPS) is 38.5. The van der Waals surface area contributed by atoms with Crippen molar-refractivity contribution < 1.29 is 19.8 Å². The number of aliphatic carboxylic acids is 2. The van der Waals surface area contributed by atoms with Crippen molar-refractivity contribution in [2.45, 2.75) is 51.9 Å². The Bertz CT molecular complexity index is 352. The van der Waals surface area contributed by atoms with Crippen molar-refractivity contribution in [3.05, 3.63) is 0 Å². The first-order valence-electron chi connectivity index (χ1n) is 7.50. The lowest BCUT2D eigenvalue weighted by Crippen LogP contribution is -2.44. The van der Waals surface area contributed by atoms with Gasteiger partial charge in [0, 0.05) is 0 Å². The number of carboxylic acid groups (broad SMARTS) is 2. The van der Waals surface area contributed by atoms with Gasteiger partial charge < -0.3 is 10.2 Å². The molecule has 0 amide bonds. The summed E-state index contributed by atoms with van der Waals surface area (Å²) in [5.74, 6) is -1.53. The number of carboxylic acids is 2. The van der Waals surface area contributed by atoms with Crippen LogP contribution in [0.4, 0.5) is 0 Å². The molecule has 0 aromatic rings. The van der Waals surface area contributed by atoms with Gasteiger partial charge in [0.25, 0.3) is 0 Å². The van der Waals surface area contributed by atoms with E-state index in [2.05, 4.69) is 6.92 Å². The maximum absolute atomic E-state index is 11.5. The van der Waals surface area contributed by atoms with Crippen LogP contribution in [0, 0.1) is 29.6 Å². The van der Waals surface area contributed by atoms with Crippen LogP contribution in [0.5, 0.6) is 0 Å². The molecule has 0 aliphatic heterocycles. The standard InChI is InChI=1S/C15H24O4/c1-2-4-9-7-12-10(13(8-9)15(18)19)5-3-6-11(12)14(16)17/h9-13H,2-8H2,1H3,(H,16,17)(H,18,19). The van der Waals surface area contributed by atoms with Gasteiger partial charge in [0.1, 0.15) is 0 Å². The van der Waals surface area contributed by atoms with Gasteiger partial charge in [-0.15, -0.1) is 0 Å². The summed E-state index contributed by atoms with van der Waals surface area (Å²) in [6, 6.07) is 0. The molecule has 0 spiro atoms. The molecule has 108 valence electrons. The van der Waals surface area contributed by atoms with Crippen molar-refractivity contribution >= 4 is 11.9 Å². The molecule has 0 saturated heterocycles. The fourth-order valence-electron chi connectivity index (χ4n) is 4.39. The highest BCUT2D eigenvalue weighted by atomic mass is 16.4. The predicted octanol–water partition coefficient (Wildman–Crippen LogP) is 3.01. The van der Waals surface area contributed by atoms with E-state index in [0.29, 0.717) is 5.92 Å². The molecule has 0 heterocycles. The molecular weight excluding hydrogens is 244 g/mol. The second-order valence-electron chi connectivity index (χ2n) is 6.27. The van der Waals surface area contributed by atoms with E-state index in [1.807, 2.05) is 0 Å². The molecule has 2 N–H and O–H groups in total. The average molecular weight is 268 g/mol. The third-order valence-electron chi connectivity index (χ3n) is 5.16. The zero-order chi connectivity index (χ0) is 14.0. The summed E-state index contributed by atoms with van der Waals surface area (Å²) < 4.78 is 0. The largest absolute Gasteiger partial charge is 0.481 e.